The minimum Gasteiger partial charge on any atom is -0.458 e. The van der Waals surface area contributed by atoms with Crippen molar-refractivity contribution in [2.45, 2.75) is 182 Å². The van der Waals surface area contributed by atoms with Gasteiger partial charge < -0.3 is 56.4 Å². The molecule has 57 heavy (non-hydrogen) atoms. The normalized spacial score (nSPS) is 14.9. The predicted molar refractivity (Wildman–Crippen MR) is 214 cm³/mol. The molecule has 0 radical (unpaired) electrons. The Morgan fingerprint density at radius 2 is 0.982 bits per heavy atom. The third-order valence-electron chi connectivity index (χ3n) is 6.13. The molecule has 0 aliphatic rings. The first-order valence-electron chi connectivity index (χ1n) is 17.8. The molecule has 0 fully saturated rings. The lowest BCUT2D eigenvalue weighted by Gasteiger charge is -2.32. The van der Waals surface area contributed by atoms with Crippen LogP contribution >= 0.6 is 12.4 Å². The number of halogens is 1. The number of ketones is 2. The number of nitrogens with zero attached hydrogens (tertiary/aromatic N) is 2. The van der Waals surface area contributed by atoms with Crippen LogP contribution in [0.4, 0.5) is 9.59 Å². The van der Waals surface area contributed by atoms with Gasteiger partial charge in [0.05, 0.1) is 35.5 Å². The number of carbonyl (C=O) groups excluding carboxylic acids is 6. The van der Waals surface area contributed by atoms with Crippen molar-refractivity contribution in [1.82, 2.24) is 21.3 Å². The number of hydrogen-bond acceptors (Lipinski definition) is 15. The maximum Gasteiger partial charge on any atom is 0.331 e. The van der Waals surface area contributed by atoms with Crippen LogP contribution in [0, 0.1) is 11.3 Å². The molecular weight excluding hydrogens is 772 g/mol. The second-order valence-electron chi connectivity index (χ2n) is 16.7. The number of amides is 4. The van der Waals surface area contributed by atoms with Crippen LogP contribution in [0.1, 0.15) is 124 Å². The molecule has 0 rings (SSSR count). The Morgan fingerprint density at radius 3 is 1.25 bits per heavy atom. The Labute approximate surface area is 343 Å². The molecule has 0 aliphatic heterocycles. The zero-order valence-electron chi connectivity index (χ0n) is 36.3. The fourth-order valence-corrected chi connectivity index (χ4v) is 4.40. The number of nitrogens with one attached hydrogen (secondary N) is 4. The highest BCUT2D eigenvalue weighted by Crippen LogP contribution is 2.18. The van der Waals surface area contributed by atoms with Crippen LogP contribution in [0.5, 0.6) is 0 Å². The lowest BCUT2D eigenvalue weighted by atomic mass is 10.1. The van der Waals surface area contributed by atoms with Gasteiger partial charge in [0.25, 0.3) is 0 Å². The number of oxime groups is 1. The molecule has 0 aromatic heterocycles. The molecule has 0 aliphatic carbocycles. The zero-order chi connectivity index (χ0) is 45.0. The summed E-state index contributed by atoms with van der Waals surface area (Å²) in [7, 11) is 0. The molecule has 10 N–H and O–H groups in total. The van der Waals surface area contributed by atoms with Crippen molar-refractivity contribution in [3.05, 3.63) is 0 Å². The predicted octanol–water partition coefficient (Wildman–Crippen LogP) is 3.12. The van der Waals surface area contributed by atoms with Gasteiger partial charge in [-0.15, -0.1) is 12.4 Å². The quantitative estimate of drug-likeness (QED) is 0.0386. The number of nitriles is 1. The average Bonchev–Trinajstić information content (AvgIpc) is 2.98. The van der Waals surface area contributed by atoms with E-state index in [1.807, 2.05) is 47.6 Å². The lowest BCUT2D eigenvalue weighted by Crippen LogP contribution is -2.57. The highest BCUT2D eigenvalue weighted by Gasteiger charge is 2.36. The smallest absolute Gasteiger partial charge is 0.331 e. The molecule has 6 atom stereocenters. The molecule has 0 aromatic carbocycles. The molecule has 0 saturated heterocycles. The summed E-state index contributed by atoms with van der Waals surface area (Å²) in [6.07, 6.45) is -1.68. The van der Waals surface area contributed by atoms with Gasteiger partial charge in [0, 0.05) is 12.8 Å². The summed E-state index contributed by atoms with van der Waals surface area (Å²) >= 11 is 0. The second kappa shape index (κ2) is 26.6. The summed E-state index contributed by atoms with van der Waals surface area (Å²) in [5, 5.41) is 36.9. The molecule has 0 bridgehead atoms. The highest BCUT2D eigenvalue weighted by molar-refractivity contribution is 5.94. The van der Waals surface area contributed by atoms with Crippen molar-refractivity contribution in [2.24, 2.45) is 16.8 Å². The number of nitrogens with two attached hydrogens (primary N) is 2. The van der Waals surface area contributed by atoms with Gasteiger partial charge in [0.15, 0.2) is 17.9 Å². The molecule has 4 amide bonds. The largest absolute Gasteiger partial charge is 0.458 e. The number of urea groups is 2. The second-order valence-corrected chi connectivity index (χ2v) is 16.7. The summed E-state index contributed by atoms with van der Waals surface area (Å²) in [6, 6.07) is -3.92. The van der Waals surface area contributed by atoms with E-state index in [0.717, 1.165) is 0 Å². The Bertz CT molecular complexity index is 1360. The molecule has 0 spiro atoms. The Hall–Kier alpha value is -4.29. The standard InChI is InChI=1S/C18H34N4O6.C18H31N3O5.ClH.H3NO/c1-10(23)9-12(14(19)22-26)20-16(25)21-13(11(2)27-17(3,4)5)15(24)28-18(6,7)8;1-11(22)9-13(10-19)20-16(24)21-14(12(2)25-17(3,4)5)15(23)26-18(6,7)8;;1-2/h11-13,26H,9H2,1-8H3,(H2,19,22)(H2,20,21,25);12-14H,9H2,1-8H3,(H2,20,21,24);1H;2H,1H2/t11?,12-,13-;12?,13-,14-;;/m00../s1. The van der Waals surface area contributed by atoms with Crippen LogP contribution in [0.25, 0.3) is 0 Å². The molecule has 21 heteroatoms. The van der Waals surface area contributed by atoms with Gasteiger partial charge in [0.1, 0.15) is 28.8 Å². The zero-order valence-corrected chi connectivity index (χ0v) is 37.1. The summed E-state index contributed by atoms with van der Waals surface area (Å²) < 4.78 is 22.3. The average molecular weight is 841 g/mol. The number of rotatable bonds is 15. The lowest BCUT2D eigenvalue weighted by molar-refractivity contribution is -0.165. The van der Waals surface area contributed by atoms with E-state index in [-0.39, 0.29) is 42.7 Å². The first kappa shape index (κ1) is 59.4. The molecule has 0 saturated carbocycles. The molecule has 2 unspecified atom stereocenters. The highest BCUT2D eigenvalue weighted by atomic mass is 35.5. The van der Waals surface area contributed by atoms with Crippen LogP contribution in [-0.2, 0) is 38.1 Å². The van der Waals surface area contributed by atoms with E-state index in [0.29, 0.717) is 0 Å². The molecular formula is C36H69ClN8O12. The molecule has 332 valence electrons. The van der Waals surface area contributed by atoms with E-state index in [9.17, 15) is 28.8 Å². The third kappa shape index (κ3) is 31.5. The van der Waals surface area contributed by atoms with E-state index in [1.165, 1.54) is 13.8 Å². The van der Waals surface area contributed by atoms with Crippen LogP contribution in [-0.4, -0.2) is 111 Å². The van der Waals surface area contributed by atoms with Crippen molar-refractivity contribution in [3.8, 4) is 6.07 Å². The number of amidine groups is 1. The topological polar surface area (TPSA) is 316 Å². The fourth-order valence-electron chi connectivity index (χ4n) is 4.40. The van der Waals surface area contributed by atoms with Crippen molar-refractivity contribution in [3.63, 3.8) is 0 Å². The van der Waals surface area contributed by atoms with Gasteiger partial charge in [-0.05, 0) is 111 Å². The number of ether oxygens (including phenoxy) is 4. The minimum absolute atomic E-state index is 0. The Kier molecular flexibility index (Phi) is 27.7. The maximum atomic E-state index is 12.6. The van der Waals surface area contributed by atoms with Gasteiger partial charge in [-0.2, -0.15) is 5.26 Å². The number of Topliss-reactive ketones (excluding diaryl/α,β-unsaturated/α-hetero) is 2. The van der Waals surface area contributed by atoms with Gasteiger partial charge in [-0.3, -0.25) is 9.59 Å². The van der Waals surface area contributed by atoms with Crippen molar-refractivity contribution in [1.29, 1.82) is 5.26 Å². The van der Waals surface area contributed by atoms with Gasteiger partial charge in [-0.25, -0.2) is 25.1 Å². The van der Waals surface area contributed by atoms with Crippen LogP contribution < -0.4 is 32.9 Å². The Balaban J connectivity index is -0.000000465. The fraction of sp³-hybridized carbons (Fsp3) is 0.778. The van der Waals surface area contributed by atoms with Gasteiger partial charge in [0.2, 0.25) is 0 Å². The first-order valence-corrected chi connectivity index (χ1v) is 17.8. The maximum absolute atomic E-state index is 12.6. The number of carbonyl (C=O) groups is 6. The third-order valence-corrected chi connectivity index (χ3v) is 6.13. The Morgan fingerprint density at radius 1 is 0.649 bits per heavy atom. The SMILES string of the molecule is CC(=O)C[C@@H](C#N)NC(=O)N[C@H](C(=O)OC(C)(C)C)C(C)OC(C)(C)C.CC(=O)C[C@H](NC(=O)N[C@H](C(=O)OC(C)(C)C)C(C)OC(C)(C)C)/C(N)=N/O.Cl.NO. The summed E-state index contributed by atoms with van der Waals surface area (Å²) in [4.78, 5) is 72.2. The first-order chi connectivity index (χ1) is 25.2. The monoisotopic (exact) mass is 840 g/mol. The summed E-state index contributed by atoms with van der Waals surface area (Å²) in [5.74, 6) is 1.34. The van der Waals surface area contributed by atoms with Crippen LogP contribution in [0.15, 0.2) is 5.16 Å². The molecule has 0 aromatic rings. The van der Waals surface area contributed by atoms with E-state index in [2.05, 4.69) is 32.3 Å². The summed E-state index contributed by atoms with van der Waals surface area (Å²) in [5.41, 5.74) is 2.91. The summed E-state index contributed by atoms with van der Waals surface area (Å²) in [6.45, 7) is 27.1. The number of esters is 2. The van der Waals surface area contributed by atoms with E-state index in [1.54, 1.807) is 55.4 Å². The molecule has 0 heterocycles. The molecule has 20 nitrogen and oxygen atoms in total. The van der Waals surface area contributed by atoms with Crippen molar-refractivity contribution >= 4 is 53.8 Å². The van der Waals surface area contributed by atoms with E-state index < -0.39 is 82.8 Å². The minimum atomic E-state index is -1.12. The number of hydrogen-bond donors (Lipinski definition) is 8. The van der Waals surface area contributed by atoms with E-state index in [4.69, 9.17) is 40.4 Å². The van der Waals surface area contributed by atoms with Crippen molar-refractivity contribution < 1.29 is 58.1 Å². The van der Waals surface area contributed by atoms with Gasteiger partial charge in [-0.1, -0.05) is 5.16 Å². The van der Waals surface area contributed by atoms with Crippen molar-refractivity contribution in [2.75, 3.05) is 0 Å². The van der Waals surface area contributed by atoms with E-state index >= 15 is 0 Å². The van der Waals surface area contributed by atoms with Crippen LogP contribution in [0.3, 0.4) is 0 Å². The van der Waals surface area contributed by atoms with Gasteiger partial charge >= 0.3 is 24.0 Å². The van der Waals surface area contributed by atoms with Crippen LogP contribution in [0.2, 0.25) is 0 Å².